The second-order valence-electron chi connectivity index (χ2n) is 7.28. The highest BCUT2D eigenvalue weighted by molar-refractivity contribution is 5.94. The zero-order valence-corrected chi connectivity index (χ0v) is 17.3. The molecule has 0 saturated heterocycles. The van der Waals surface area contributed by atoms with E-state index in [1.54, 1.807) is 6.07 Å². The first-order valence-corrected chi connectivity index (χ1v) is 10.1. The molecular formula is C23H22F3N3O3. The molecule has 9 heteroatoms. The van der Waals surface area contributed by atoms with Crippen molar-refractivity contribution in [1.29, 1.82) is 0 Å². The third-order valence-electron chi connectivity index (χ3n) is 5.11. The molecule has 0 saturated carbocycles. The van der Waals surface area contributed by atoms with E-state index in [0.717, 1.165) is 18.3 Å². The van der Waals surface area contributed by atoms with Crippen LogP contribution in [0.3, 0.4) is 0 Å². The minimum Gasteiger partial charge on any atom is -0.502 e. The predicted octanol–water partition coefficient (Wildman–Crippen LogP) is 3.97. The fourth-order valence-electron chi connectivity index (χ4n) is 3.61. The molecule has 2 N–H and O–H groups in total. The van der Waals surface area contributed by atoms with Gasteiger partial charge in [0.2, 0.25) is 5.43 Å². The summed E-state index contributed by atoms with van der Waals surface area (Å²) in [5, 5.41) is 15.8. The average Bonchev–Trinajstić information content (AvgIpc) is 2.76. The van der Waals surface area contributed by atoms with Gasteiger partial charge in [-0.15, -0.1) is 0 Å². The van der Waals surface area contributed by atoms with Crippen LogP contribution in [0.4, 0.5) is 13.2 Å². The second-order valence-corrected chi connectivity index (χ2v) is 7.28. The third kappa shape index (κ3) is 4.99. The molecule has 0 aliphatic heterocycles. The van der Waals surface area contributed by atoms with Crippen molar-refractivity contribution >= 4 is 5.91 Å². The molecular weight excluding hydrogens is 423 g/mol. The molecule has 0 aliphatic rings. The van der Waals surface area contributed by atoms with Crippen LogP contribution in [0.1, 0.15) is 47.3 Å². The number of rotatable bonds is 8. The molecule has 0 spiro atoms. The minimum atomic E-state index is -0.874. The van der Waals surface area contributed by atoms with Crippen LogP contribution in [-0.4, -0.2) is 39.2 Å². The first kappa shape index (κ1) is 23.1. The maximum Gasteiger partial charge on any atom is 0.275 e. The van der Waals surface area contributed by atoms with Crippen molar-refractivity contribution in [3.05, 3.63) is 93.2 Å². The summed E-state index contributed by atoms with van der Waals surface area (Å²) in [6, 6.07) is 8.93. The smallest absolute Gasteiger partial charge is 0.275 e. The number of nitrogens with one attached hydrogen (secondary N) is 1. The highest BCUT2D eigenvalue weighted by atomic mass is 19.1. The molecule has 1 aromatic heterocycles. The Balaban J connectivity index is 1.95. The summed E-state index contributed by atoms with van der Waals surface area (Å²) in [5.74, 6) is -4.41. The van der Waals surface area contributed by atoms with Gasteiger partial charge in [0.15, 0.2) is 11.4 Å². The first-order valence-electron chi connectivity index (χ1n) is 10.1. The molecule has 1 amide bonds. The Morgan fingerprint density at radius 1 is 1.12 bits per heavy atom. The van der Waals surface area contributed by atoms with Crippen molar-refractivity contribution in [2.24, 2.45) is 0 Å². The molecule has 1 atom stereocenters. The van der Waals surface area contributed by atoms with Gasteiger partial charge in [-0.25, -0.2) is 13.2 Å². The maximum atomic E-state index is 14.6. The van der Waals surface area contributed by atoms with E-state index in [0.29, 0.717) is 12.0 Å². The number of aromatic nitrogens is 2. The van der Waals surface area contributed by atoms with E-state index in [9.17, 15) is 27.9 Å². The van der Waals surface area contributed by atoms with E-state index in [1.165, 1.54) is 29.2 Å². The number of hydrogen-bond donors (Lipinski definition) is 2. The lowest BCUT2D eigenvalue weighted by molar-refractivity contribution is 0.0740. The monoisotopic (exact) mass is 445 g/mol. The van der Waals surface area contributed by atoms with Crippen LogP contribution < -0.4 is 5.43 Å². The lowest BCUT2D eigenvalue weighted by Gasteiger charge is -2.26. The topological polar surface area (TPSA) is 86.3 Å². The SMILES string of the molecule is CCCN(CCC(c1cccc(F)c1)c1c(F)cccc1F)C(=O)c1[nH]ncc(=O)c1O. The highest BCUT2D eigenvalue weighted by Gasteiger charge is 2.26. The Bertz CT molecular complexity index is 1150. The van der Waals surface area contributed by atoms with Crippen molar-refractivity contribution in [1.82, 2.24) is 15.1 Å². The average molecular weight is 445 g/mol. The minimum absolute atomic E-state index is 0.0258. The van der Waals surface area contributed by atoms with Gasteiger partial charge >= 0.3 is 0 Å². The van der Waals surface area contributed by atoms with Crippen molar-refractivity contribution in [2.75, 3.05) is 13.1 Å². The van der Waals surface area contributed by atoms with E-state index < -0.39 is 40.5 Å². The van der Waals surface area contributed by atoms with Crippen LogP contribution in [0.2, 0.25) is 0 Å². The molecule has 2 aromatic carbocycles. The molecule has 0 radical (unpaired) electrons. The van der Waals surface area contributed by atoms with Gasteiger partial charge in [0.25, 0.3) is 5.91 Å². The number of benzene rings is 2. The maximum absolute atomic E-state index is 14.6. The second kappa shape index (κ2) is 10.1. The van der Waals surface area contributed by atoms with Crippen LogP contribution in [0.5, 0.6) is 5.75 Å². The first-order chi connectivity index (χ1) is 15.3. The summed E-state index contributed by atoms with van der Waals surface area (Å²) in [6.07, 6.45) is 1.46. The molecule has 3 aromatic rings. The zero-order valence-electron chi connectivity index (χ0n) is 17.3. The van der Waals surface area contributed by atoms with Gasteiger partial charge in [-0.2, -0.15) is 5.10 Å². The van der Waals surface area contributed by atoms with Gasteiger partial charge in [-0.3, -0.25) is 14.7 Å². The summed E-state index contributed by atoms with van der Waals surface area (Å²) in [5.41, 5.74) is -1.05. The van der Waals surface area contributed by atoms with Crippen molar-refractivity contribution in [2.45, 2.75) is 25.7 Å². The number of carbonyl (C=O) groups is 1. The van der Waals surface area contributed by atoms with Crippen LogP contribution >= 0.6 is 0 Å². The molecule has 0 fully saturated rings. The largest absolute Gasteiger partial charge is 0.502 e. The van der Waals surface area contributed by atoms with Gasteiger partial charge < -0.3 is 10.0 Å². The van der Waals surface area contributed by atoms with Gasteiger partial charge in [-0.1, -0.05) is 25.1 Å². The molecule has 0 aliphatic carbocycles. The van der Waals surface area contributed by atoms with E-state index in [4.69, 9.17) is 0 Å². The Hall–Kier alpha value is -3.62. The fourth-order valence-corrected chi connectivity index (χ4v) is 3.61. The summed E-state index contributed by atoms with van der Waals surface area (Å²) in [4.78, 5) is 25.9. The number of amides is 1. The zero-order chi connectivity index (χ0) is 23.3. The number of carbonyl (C=O) groups excluding carboxylic acids is 1. The Morgan fingerprint density at radius 2 is 1.81 bits per heavy atom. The Morgan fingerprint density at radius 3 is 2.47 bits per heavy atom. The number of hydrogen-bond acceptors (Lipinski definition) is 4. The normalized spacial score (nSPS) is 11.9. The molecule has 1 heterocycles. The van der Waals surface area contributed by atoms with Crippen LogP contribution in [0.15, 0.2) is 53.5 Å². The lowest BCUT2D eigenvalue weighted by atomic mass is 9.87. The van der Waals surface area contributed by atoms with Gasteiger partial charge in [0, 0.05) is 24.6 Å². The van der Waals surface area contributed by atoms with Crippen LogP contribution in [0, 0.1) is 17.5 Å². The summed E-state index contributed by atoms with van der Waals surface area (Å²) in [7, 11) is 0. The molecule has 32 heavy (non-hydrogen) atoms. The van der Waals surface area contributed by atoms with Gasteiger partial charge in [-0.05, 0) is 42.7 Å². The Kier molecular flexibility index (Phi) is 7.29. The summed E-state index contributed by atoms with van der Waals surface area (Å²) >= 11 is 0. The van der Waals surface area contributed by atoms with Gasteiger partial charge in [0.05, 0.1) is 6.20 Å². The number of aromatic hydroxyl groups is 1. The molecule has 6 nitrogen and oxygen atoms in total. The van der Waals surface area contributed by atoms with E-state index in [-0.39, 0.29) is 30.8 Å². The molecule has 3 rings (SSSR count). The summed E-state index contributed by atoms with van der Waals surface area (Å²) < 4.78 is 43.0. The fraction of sp³-hybridized carbons (Fsp3) is 0.261. The third-order valence-corrected chi connectivity index (χ3v) is 5.11. The van der Waals surface area contributed by atoms with Crippen molar-refractivity contribution in [3.8, 4) is 5.75 Å². The van der Waals surface area contributed by atoms with E-state index in [2.05, 4.69) is 10.2 Å². The molecule has 168 valence electrons. The van der Waals surface area contributed by atoms with Crippen LogP contribution in [-0.2, 0) is 0 Å². The number of nitrogens with zero attached hydrogens (tertiary/aromatic N) is 2. The van der Waals surface area contributed by atoms with E-state index in [1.807, 2.05) is 6.92 Å². The summed E-state index contributed by atoms with van der Waals surface area (Å²) in [6.45, 7) is 2.11. The molecule has 1 unspecified atom stereocenters. The van der Waals surface area contributed by atoms with Crippen LogP contribution in [0.25, 0.3) is 0 Å². The van der Waals surface area contributed by atoms with Gasteiger partial charge in [0.1, 0.15) is 17.5 Å². The van der Waals surface area contributed by atoms with Crippen molar-refractivity contribution in [3.63, 3.8) is 0 Å². The lowest BCUT2D eigenvalue weighted by Crippen LogP contribution is -2.35. The number of H-pyrrole nitrogens is 1. The predicted molar refractivity (Wildman–Crippen MR) is 112 cm³/mol. The quantitative estimate of drug-likeness (QED) is 0.550. The number of halogens is 3. The standard InChI is InChI=1S/C23H22F3N3O3/c1-2-10-29(23(32)21-22(31)19(30)13-27-28-21)11-9-16(14-5-3-6-15(24)12-14)20-17(25)7-4-8-18(20)26/h3-8,12-13,16H,2,9-11H2,1H3,(H,27,31)(H,28,30). The van der Waals surface area contributed by atoms with Crippen molar-refractivity contribution < 1.29 is 23.1 Å². The number of aromatic amines is 1. The highest BCUT2D eigenvalue weighted by Crippen LogP contribution is 2.32. The van der Waals surface area contributed by atoms with E-state index >= 15 is 0 Å². The molecule has 0 bridgehead atoms. The Labute approximate surface area is 182 Å².